The molecule has 1 aliphatic heterocycles. The first kappa shape index (κ1) is 20.5. The molecule has 3 rings (SSSR count). The van der Waals surface area contributed by atoms with Crippen molar-refractivity contribution in [2.75, 3.05) is 19.7 Å². The van der Waals surface area contributed by atoms with E-state index in [1.54, 1.807) is 12.1 Å². The van der Waals surface area contributed by atoms with E-state index < -0.39 is 0 Å². The number of carbonyl (C=O) groups excluding carboxylic acids is 1. The lowest BCUT2D eigenvalue weighted by molar-refractivity contribution is -0.135. The fourth-order valence-corrected chi connectivity index (χ4v) is 4.22. The van der Waals surface area contributed by atoms with Crippen molar-refractivity contribution in [2.45, 2.75) is 45.4 Å². The molecule has 0 radical (unpaired) electrons. The Balaban J connectivity index is 1.57. The molecule has 1 amide bonds. The Hall–Kier alpha value is -2.20. The number of nitrogens with zero attached hydrogens (tertiary/aromatic N) is 1. The molecule has 1 atom stereocenters. The predicted molar refractivity (Wildman–Crippen MR) is 110 cm³/mol. The van der Waals surface area contributed by atoms with Crippen LogP contribution < -0.4 is 0 Å². The highest BCUT2D eigenvalue weighted by Crippen LogP contribution is 2.34. The standard InChI is InChI=1S/C24H30FNO2/c1-19-6-2-3-8-21(19)16-24(18-27)14-5-15-26(17-24)23(28)9-4-7-20-10-12-22(25)13-11-20/h2-3,6,8,10-13,27H,4-5,7,9,14-18H2,1H3. The van der Waals surface area contributed by atoms with Crippen LogP contribution >= 0.6 is 0 Å². The Morgan fingerprint density at radius 2 is 1.93 bits per heavy atom. The van der Waals surface area contributed by atoms with Gasteiger partial charge in [-0.1, -0.05) is 36.4 Å². The number of rotatable bonds is 7. The van der Waals surface area contributed by atoms with Gasteiger partial charge in [-0.25, -0.2) is 4.39 Å². The average molecular weight is 384 g/mol. The Morgan fingerprint density at radius 1 is 1.18 bits per heavy atom. The molecule has 0 aliphatic carbocycles. The fourth-order valence-electron chi connectivity index (χ4n) is 4.22. The highest BCUT2D eigenvalue weighted by atomic mass is 19.1. The van der Waals surface area contributed by atoms with Crippen LogP contribution in [0.25, 0.3) is 0 Å². The normalized spacial score (nSPS) is 19.6. The third kappa shape index (κ3) is 5.20. The molecule has 1 saturated heterocycles. The van der Waals surface area contributed by atoms with Gasteiger partial charge in [0.05, 0.1) is 6.61 Å². The summed E-state index contributed by atoms with van der Waals surface area (Å²) in [7, 11) is 0. The van der Waals surface area contributed by atoms with Gasteiger partial charge in [0.15, 0.2) is 0 Å². The van der Waals surface area contributed by atoms with Crippen LogP contribution in [0.3, 0.4) is 0 Å². The monoisotopic (exact) mass is 383 g/mol. The highest BCUT2D eigenvalue weighted by molar-refractivity contribution is 5.76. The van der Waals surface area contributed by atoms with Gasteiger partial charge in [-0.2, -0.15) is 0 Å². The van der Waals surface area contributed by atoms with E-state index in [9.17, 15) is 14.3 Å². The summed E-state index contributed by atoms with van der Waals surface area (Å²) in [6.45, 7) is 3.58. The van der Waals surface area contributed by atoms with Crippen molar-refractivity contribution in [3.05, 3.63) is 71.0 Å². The Kier molecular flexibility index (Phi) is 6.84. The number of halogens is 1. The molecular formula is C24H30FNO2. The Morgan fingerprint density at radius 3 is 2.64 bits per heavy atom. The molecule has 0 bridgehead atoms. The molecule has 1 aliphatic rings. The van der Waals surface area contributed by atoms with Crippen molar-refractivity contribution >= 4 is 5.91 Å². The maximum atomic E-state index is 13.0. The topological polar surface area (TPSA) is 40.5 Å². The van der Waals surface area contributed by atoms with Gasteiger partial charge in [0.1, 0.15) is 5.82 Å². The number of hydrogen-bond donors (Lipinski definition) is 1. The summed E-state index contributed by atoms with van der Waals surface area (Å²) in [6.07, 6.45) is 4.69. The van der Waals surface area contributed by atoms with Crippen molar-refractivity contribution in [3.8, 4) is 0 Å². The van der Waals surface area contributed by atoms with E-state index in [0.29, 0.717) is 13.0 Å². The molecule has 4 heteroatoms. The SMILES string of the molecule is Cc1ccccc1CC1(CO)CCCN(C(=O)CCCc2ccc(F)cc2)C1. The largest absolute Gasteiger partial charge is 0.396 e. The van der Waals surface area contributed by atoms with E-state index in [4.69, 9.17) is 0 Å². The predicted octanol–water partition coefficient (Wildman–Crippen LogP) is 4.30. The molecule has 1 unspecified atom stereocenters. The first-order chi connectivity index (χ1) is 13.5. The minimum atomic E-state index is -0.253. The van der Waals surface area contributed by atoms with Gasteiger partial charge in [0, 0.05) is 24.9 Å². The summed E-state index contributed by atoms with van der Waals surface area (Å²) in [5, 5.41) is 10.2. The number of hydrogen-bond acceptors (Lipinski definition) is 2. The van der Waals surface area contributed by atoms with Gasteiger partial charge in [-0.05, 0) is 67.9 Å². The molecular weight excluding hydrogens is 353 g/mol. The van der Waals surface area contributed by atoms with Crippen molar-refractivity contribution in [1.82, 2.24) is 4.90 Å². The number of likely N-dealkylation sites (tertiary alicyclic amines) is 1. The molecule has 1 N–H and O–H groups in total. The van der Waals surface area contributed by atoms with Crippen molar-refractivity contribution in [2.24, 2.45) is 5.41 Å². The minimum absolute atomic E-state index is 0.0979. The van der Waals surface area contributed by atoms with E-state index >= 15 is 0 Å². The molecule has 1 heterocycles. The number of aliphatic hydroxyl groups excluding tert-OH is 1. The number of amides is 1. The zero-order valence-electron chi connectivity index (χ0n) is 16.7. The van der Waals surface area contributed by atoms with Gasteiger partial charge in [-0.3, -0.25) is 4.79 Å². The van der Waals surface area contributed by atoms with Crippen LogP contribution in [-0.2, 0) is 17.6 Å². The molecule has 1 fully saturated rings. The Bertz CT molecular complexity index is 789. The molecule has 0 spiro atoms. The van der Waals surface area contributed by atoms with E-state index in [0.717, 1.165) is 44.2 Å². The maximum absolute atomic E-state index is 13.0. The number of carbonyl (C=O) groups is 1. The van der Waals surface area contributed by atoms with E-state index in [1.165, 1.54) is 23.3 Å². The fraction of sp³-hybridized carbons (Fsp3) is 0.458. The summed E-state index contributed by atoms with van der Waals surface area (Å²) in [4.78, 5) is 14.7. The lowest BCUT2D eigenvalue weighted by Gasteiger charge is -2.42. The van der Waals surface area contributed by atoms with Crippen LogP contribution in [-0.4, -0.2) is 35.6 Å². The first-order valence-electron chi connectivity index (χ1n) is 10.2. The first-order valence-corrected chi connectivity index (χ1v) is 10.2. The molecule has 3 nitrogen and oxygen atoms in total. The third-order valence-corrected chi connectivity index (χ3v) is 5.95. The maximum Gasteiger partial charge on any atom is 0.222 e. The van der Waals surface area contributed by atoms with E-state index in [1.807, 2.05) is 17.0 Å². The Labute approximate surface area is 167 Å². The zero-order valence-corrected chi connectivity index (χ0v) is 16.7. The smallest absolute Gasteiger partial charge is 0.222 e. The van der Waals surface area contributed by atoms with Crippen LogP contribution in [0.1, 0.15) is 42.4 Å². The summed E-state index contributed by atoms with van der Waals surface area (Å²) in [6, 6.07) is 14.8. The molecule has 2 aromatic carbocycles. The lowest BCUT2D eigenvalue weighted by Crippen LogP contribution is -2.49. The lowest BCUT2D eigenvalue weighted by atomic mass is 9.75. The van der Waals surface area contributed by atoms with Gasteiger partial charge >= 0.3 is 0 Å². The quantitative estimate of drug-likeness (QED) is 0.774. The van der Waals surface area contributed by atoms with Crippen LogP contribution in [0.4, 0.5) is 4.39 Å². The van der Waals surface area contributed by atoms with Crippen LogP contribution in [0, 0.1) is 18.2 Å². The number of aryl methyl sites for hydroxylation is 2. The molecule has 0 saturated carbocycles. The van der Waals surface area contributed by atoms with Crippen LogP contribution in [0.5, 0.6) is 0 Å². The number of benzene rings is 2. The highest BCUT2D eigenvalue weighted by Gasteiger charge is 2.36. The van der Waals surface area contributed by atoms with E-state index in [2.05, 4.69) is 19.1 Å². The second kappa shape index (κ2) is 9.33. The summed E-state index contributed by atoms with van der Waals surface area (Å²) in [5.74, 6) is -0.0773. The molecule has 2 aromatic rings. The molecule has 28 heavy (non-hydrogen) atoms. The molecule has 0 aromatic heterocycles. The van der Waals surface area contributed by atoms with Gasteiger partial charge in [0.25, 0.3) is 0 Å². The number of piperidine rings is 1. The zero-order chi connectivity index (χ0) is 20.0. The van der Waals surface area contributed by atoms with Gasteiger partial charge < -0.3 is 10.0 Å². The molecule has 150 valence electrons. The second-order valence-corrected chi connectivity index (χ2v) is 8.16. The summed E-state index contributed by atoms with van der Waals surface area (Å²) >= 11 is 0. The van der Waals surface area contributed by atoms with Crippen molar-refractivity contribution in [3.63, 3.8) is 0 Å². The van der Waals surface area contributed by atoms with Crippen LogP contribution in [0.2, 0.25) is 0 Å². The second-order valence-electron chi connectivity index (χ2n) is 8.16. The summed E-state index contributed by atoms with van der Waals surface area (Å²) < 4.78 is 13.0. The van der Waals surface area contributed by atoms with Gasteiger partial charge in [-0.15, -0.1) is 0 Å². The third-order valence-electron chi connectivity index (χ3n) is 5.95. The van der Waals surface area contributed by atoms with Gasteiger partial charge in [0.2, 0.25) is 5.91 Å². The van der Waals surface area contributed by atoms with Crippen molar-refractivity contribution < 1.29 is 14.3 Å². The number of aliphatic hydroxyl groups is 1. The summed E-state index contributed by atoms with van der Waals surface area (Å²) in [5.41, 5.74) is 3.29. The van der Waals surface area contributed by atoms with E-state index in [-0.39, 0.29) is 23.7 Å². The average Bonchev–Trinajstić information content (AvgIpc) is 2.71. The minimum Gasteiger partial charge on any atom is -0.396 e. The van der Waals surface area contributed by atoms with Crippen LogP contribution in [0.15, 0.2) is 48.5 Å². The van der Waals surface area contributed by atoms with Crippen molar-refractivity contribution in [1.29, 1.82) is 0 Å².